The van der Waals surface area contributed by atoms with E-state index in [4.69, 9.17) is 16.3 Å². The molecule has 3 heteroatoms. The molecule has 12 heavy (non-hydrogen) atoms. The molecule has 1 aromatic rings. The van der Waals surface area contributed by atoms with Crippen molar-refractivity contribution in [3.05, 3.63) is 27.2 Å². The van der Waals surface area contributed by atoms with Gasteiger partial charge in [-0.3, -0.25) is 0 Å². The molecule has 0 unspecified atom stereocenters. The molecule has 0 atom stereocenters. The largest absolute Gasteiger partial charge is 0.492 e. The highest BCUT2D eigenvalue weighted by molar-refractivity contribution is 9.10. The lowest BCUT2D eigenvalue weighted by Gasteiger charge is -2.09. The van der Waals surface area contributed by atoms with Crippen LogP contribution in [0.3, 0.4) is 0 Å². The monoisotopic (exact) mass is 248 g/mol. The number of ether oxygens (including phenoxy) is 1. The third-order valence-corrected chi connectivity index (χ3v) is 2.29. The lowest BCUT2D eigenvalue weighted by Crippen LogP contribution is -1.94. The standard InChI is InChI=1S/C9H10BrClO/c1-3-12-9-6(2)4-7(11)5-8(9)10/h4-5H,3H2,1-2H3. The molecule has 66 valence electrons. The Morgan fingerprint density at radius 2 is 2.17 bits per heavy atom. The molecule has 0 bridgehead atoms. The first-order chi connectivity index (χ1) is 5.65. The molecule has 0 aliphatic rings. The van der Waals surface area contributed by atoms with Crippen LogP contribution in [0.5, 0.6) is 5.75 Å². The Balaban J connectivity index is 3.10. The van der Waals surface area contributed by atoms with Crippen molar-refractivity contribution in [1.29, 1.82) is 0 Å². The fraction of sp³-hybridized carbons (Fsp3) is 0.333. The summed E-state index contributed by atoms with van der Waals surface area (Å²) in [4.78, 5) is 0. The SMILES string of the molecule is CCOc1c(C)cc(Cl)cc1Br. The van der Waals surface area contributed by atoms with Crippen LogP contribution in [-0.2, 0) is 0 Å². The van der Waals surface area contributed by atoms with Crippen molar-refractivity contribution in [3.8, 4) is 5.75 Å². The second-order valence-corrected chi connectivity index (χ2v) is 3.76. The molecule has 1 aromatic carbocycles. The molecule has 0 radical (unpaired) electrons. The van der Waals surface area contributed by atoms with Crippen molar-refractivity contribution >= 4 is 27.5 Å². The van der Waals surface area contributed by atoms with Crippen molar-refractivity contribution in [2.24, 2.45) is 0 Å². The van der Waals surface area contributed by atoms with Gasteiger partial charge in [-0.05, 0) is 47.5 Å². The molecule has 0 fully saturated rings. The molecule has 1 rings (SSSR count). The predicted octanol–water partition coefficient (Wildman–Crippen LogP) is 3.81. The quantitative estimate of drug-likeness (QED) is 0.774. The van der Waals surface area contributed by atoms with E-state index in [2.05, 4.69) is 15.9 Å². The van der Waals surface area contributed by atoms with E-state index in [-0.39, 0.29) is 0 Å². The first-order valence-corrected chi connectivity index (χ1v) is 4.90. The zero-order valence-corrected chi connectivity index (χ0v) is 9.37. The van der Waals surface area contributed by atoms with Gasteiger partial charge in [0.15, 0.2) is 0 Å². The highest BCUT2D eigenvalue weighted by atomic mass is 79.9. The third-order valence-electron chi connectivity index (χ3n) is 1.48. The Labute approximate surface area is 85.8 Å². The summed E-state index contributed by atoms with van der Waals surface area (Å²) < 4.78 is 6.33. The van der Waals surface area contributed by atoms with Crippen LogP contribution in [0, 0.1) is 6.92 Å². The van der Waals surface area contributed by atoms with E-state index in [1.807, 2.05) is 26.0 Å². The van der Waals surface area contributed by atoms with Gasteiger partial charge in [0.25, 0.3) is 0 Å². The molecule has 0 aromatic heterocycles. The number of rotatable bonds is 2. The van der Waals surface area contributed by atoms with Crippen LogP contribution >= 0.6 is 27.5 Å². The van der Waals surface area contributed by atoms with Crippen LogP contribution in [0.25, 0.3) is 0 Å². The van der Waals surface area contributed by atoms with Gasteiger partial charge >= 0.3 is 0 Å². The van der Waals surface area contributed by atoms with E-state index in [1.54, 1.807) is 0 Å². The highest BCUT2D eigenvalue weighted by Crippen LogP contribution is 2.31. The summed E-state index contributed by atoms with van der Waals surface area (Å²) in [5, 5.41) is 0.725. The number of hydrogen-bond acceptors (Lipinski definition) is 1. The number of aryl methyl sites for hydroxylation is 1. The van der Waals surface area contributed by atoms with E-state index in [1.165, 1.54) is 0 Å². The Morgan fingerprint density at radius 1 is 1.50 bits per heavy atom. The van der Waals surface area contributed by atoms with Gasteiger partial charge in [0.1, 0.15) is 5.75 Å². The normalized spacial score (nSPS) is 10.0. The van der Waals surface area contributed by atoms with Crippen LogP contribution in [-0.4, -0.2) is 6.61 Å². The second kappa shape index (κ2) is 4.15. The molecule has 0 N–H and O–H groups in total. The van der Waals surface area contributed by atoms with E-state index >= 15 is 0 Å². The van der Waals surface area contributed by atoms with E-state index in [0.29, 0.717) is 6.61 Å². The lowest BCUT2D eigenvalue weighted by molar-refractivity contribution is 0.336. The fourth-order valence-corrected chi connectivity index (χ4v) is 2.09. The van der Waals surface area contributed by atoms with Gasteiger partial charge in [-0.1, -0.05) is 11.6 Å². The summed E-state index contributed by atoms with van der Waals surface area (Å²) in [7, 11) is 0. The van der Waals surface area contributed by atoms with Gasteiger partial charge < -0.3 is 4.74 Å². The summed E-state index contributed by atoms with van der Waals surface area (Å²) in [6, 6.07) is 3.72. The minimum Gasteiger partial charge on any atom is -0.492 e. The van der Waals surface area contributed by atoms with Gasteiger partial charge in [0, 0.05) is 5.02 Å². The van der Waals surface area contributed by atoms with E-state index < -0.39 is 0 Å². The first-order valence-electron chi connectivity index (χ1n) is 3.73. The van der Waals surface area contributed by atoms with Crippen molar-refractivity contribution < 1.29 is 4.74 Å². The molecule has 0 amide bonds. The summed E-state index contributed by atoms with van der Waals surface area (Å²) in [5.41, 5.74) is 1.05. The minimum absolute atomic E-state index is 0.668. The maximum Gasteiger partial charge on any atom is 0.136 e. The van der Waals surface area contributed by atoms with Gasteiger partial charge in [-0.25, -0.2) is 0 Å². The maximum absolute atomic E-state index is 5.84. The molecule has 1 nitrogen and oxygen atoms in total. The summed E-state index contributed by atoms with van der Waals surface area (Å²) in [6.45, 7) is 4.60. The fourth-order valence-electron chi connectivity index (χ4n) is 1.02. The number of hydrogen-bond donors (Lipinski definition) is 0. The molecule has 0 heterocycles. The second-order valence-electron chi connectivity index (χ2n) is 2.47. The zero-order chi connectivity index (χ0) is 9.14. The van der Waals surface area contributed by atoms with Crippen molar-refractivity contribution in [2.75, 3.05) is 6.61 Å². The van der Waals surface area contributed by atoms with Crippen molar-refractivity contribution in [2.45, 2.75) is 13.8 Å². The van der Waals surface area contributed by atoms with Gasteiger partial charge in [-0.2, -0.15) is 0 Å². The predicted molar refractivity (Wildman–Crippen MR) is 55.1 cm³/mol. The number of halogens is 2. The molecule has 0 spiro atoms. The minimum atomic E-state index is 0.668. The molecule has 0 aliphatic heterocycles. The first kappa shape index (κ1) is 9.87. The smallest absolute Gasteiger partial charge is 0.136 e. The topological polar surface area (TPSA) is 9.23 Å². The molecular weight excluding hydrogens is 239 g/mol. The van der Waals surface area contributed by atoms with Crippen LogP contribution in [0.15, 0.2) is 16.6 Å². The van der Waals surface area contributed by atoms with Crippen molar-refractivity contribution in [1.82, 2.24) is 0 Å². The molecule has 0 saturated carbocycles. The van der Waals surface area contributed by atoms with Gasteiger partial charge in [0.2, 0.25) is 0 Å². The van der Waals surface area contributed by atoms with Crippen LogP contribution in [0.2, 0.25) is 5.02 Å². The van der Waals surface area contributed by atoms with Gasteiger partial charge in [-0.15, -0.1) is 0 Å². The zero-order valence-electron chi connectivity index (χ0n) is 7.03. The van der Waals surface area contributed by atoms with E-state index in [9.17, 15) is 0 Å². The molecule has 0 saturated heterocycles. The third kappa shape index (κ3) is 2.14. The van der Waals surface area contributed by atoms with Crippen molar-refractivity contribution in [3.63, 3.8) is 0 Å². The Kier molecular flexibility index (Phi) is 3.41. The average Bonchev–Trinajstić information content (AvgIpc) is 1.96. The summed E-state index contributed by atoms with van der Waals surface area (Å²) in [6.07, 6.45) is 0. The maximum atomic E-state index is 5.84. The highest BCUT2D eigenvalue weighted by Gasteiger charge is 2.05. The Bertz CT molecular complexity index is 263. The average molecular weight is 250 g/mol. The van der Waals surface area contributed by atoms with Crippen LogP contribution in [0.1, 0.15) is 12.5 Å². The number of benzene rings is 1. The Morgan fingerprint density at radius 3 is 2.67 bits per heavy atom. The summed E-state index contributed by atoms with van der Waals surface area (Å²) in [5.74, 6) is 0.877. The molecular formula is C9H10BrClO. The van der Waals surface area contributed by atoms with Gasteiger partial charge in [0.05, 0.1) is 11.1 Å². The van der Waals surface area contributed by atoms with Crippen LogP contribution < -0.4 is 4.74 Å². The van der Waals surface area contributed by atoms with E-state index in [0.717, 1.165) is 20.8 Å². The Hall–Kier alpha value is -0.210. The summed E-state index contributed by atoms with van der Waals surface area (Å²) >= 11 is 9.23. The van der Waals surface area contributed by atoms with Crippen LogP contribution in [0.4, 0.5) is 0 Å². The molecule has 0 aliphatic carbocycles. The lowest BCUT2D eigenvalue weighted by atomic mass is 10.2.